The van der Waals surface area contributed by atoms with E-state index in [0.29, 0.717) is 17.7 Å². The second kappa shape index (κ2) is 7.30. The Morgan fingerprint density at radius 3 is 2.23 bits per heavy atom. The summed E-state index contributed by atoms with van der Waals surface area (Å²) in [4.78, 5) is 14.8. The third kappa shape index (κ3) is 3.94. The Morgan fingerprint density at radius 2 is 1.58 bits per heavy atom. The van der Waals surface area contributed by atoms with Gasteiger partial charge >= 0.3 is 0 Å². The maximum atomic E-state index is 13.0. The van der Waals surface area contributed by atoms with Crippen molar-refractivity contribution in [2.75, 3.05) is 17.7 Å². The summed E-state index contributed by atoms with van der Waals surface area (Å²) in [5.41, 5.74) is 2.09. The van der Waals surface area contributed by atoms with E-state index in [1.807, 2.05) is 49.4 Å². The van der Waals surface area contributed by atoms with Gasteiger partial charge in [-0.2, -0.15) is 0 Å². The number of carbonyl (C=O) groups excluding carboxylic acids is 1. The molecule has 0 aliphatic carbocycles. The number of hydrogen-bond acceptors (Lipinski definition) is 3. The fourth-order valence-corrected chi connectivity index (χ4v) is 3.87. The highest BCUT2D eigenvalue weighted by Gasteiger charge is 2.18. The van der Waals surface area contributed by atoms with Gasteiger partial charge in [-0.05, 0) is 36.1 Å². The standard InChI is InChI=1S/C21H21NO3S/c1-3-22(20-10-6-8-17-7-4-5-9-19(17)20)21(23)18-13-11-16(12-14-18)15-26(2,24)25/h4-14H,3,15H2,1-2H3. The first-order valence-corrected chi connectivity index (χ1v) is 10.5. The summed E-state index contributed by atoms with van der Waals surface area (Å²) < 4.78 is 22.8. The average molecular weight is 367 g/mol. The number of amides is 1. The molecule has 0 heterocycles. The Kier molecular flexibility index (Phi) is 5.09. The molecule has 0 atom stereocenters. The molecule has 3 aromatic rings. The second-order valence-corrected chi connectivity index (χ2v) is 8.45. The van der Waals surface area contributed by atoms with E-state index in [2.05, 4.69) is 0 Å². The van der Waals surface area contributed by atoms with Crippen LogP contribution in [0.2, 0.25) is 0 Å². The number of carbonyl (C=O) groups is 1. The SMILES string of the molecule is CCN(C(=O)c1ccc(CS(C)(=O)=O)cc1)c1cccc2ccccc12. The van der Waals surface area contributed by atoms with Crippen LogP contribution >= 0.6 is 0 Å². The van der Waals surface area contributed by atoms with Crippen LogP contribution in [0.4, 0.5) is 5.69 Å². The second-order valence-electron chi connectivity index (χ2n) is 6.31. The highest BCUT2D eigenvalue weighted by atomic mass is 32.2. The van der Waals surface area contributed by atoms with Gasteiger partial charge in [0.1, 0.15) is 0 Å². The largest absolute Gasteiger partial charge is 0.308 e. The van der Waals surface area contributed by atoms with Crippen LogP contribution in [-0.4, -0.2) is 27.1 Å². The lowest BCUT2D eigenvalue weighted by molar-refractivity contribution is 0.0988. The molecule has 0 saturated carbocycles. The first-order chi connectivity index (χ1) is 12.4. The molecule has 0 aliphatic heterocycles. The van der Waals surface area contributed by atoms with Gasteiger partial charge in [-0.25, -0.2) is 8.42 Å². The molecule has 0 radical (unpaired) electrons. The van der Waals surface area contributed by atoms with E-state index in [0.717, 1.165) is 16.5 Å². The number of sulfone groups is 1. The van der Waals surface area contributed by atoms with Crippen molar-refractivity contribution in [3.63, 3.8) is 0 Å². The predicted molar refractivity (Wildman–Crippen MR) is 106 cm³/mol. The van der Waals surface area contributed by atoms with Crippen LogP contribution in [0.25, 0.3) is 10.8 Å². The van der Waals surface area contributed by atoms with Gasteiger partial charge in [-0.1, -0.05) is 48.5 Å². The minimum atomic E-state index is -3.09. The molecule has 0 fully saturated rings. The molecular weight excluding hydrogens is 346 g/mol. The summed E-state index contributed by atoms with van der Waals surface area (Å²) in [6.45, 7) is 2.48. The van der Waals surface area contributed by atoms with Crippen molar-refractivity contribution in [1.82, 2.24) is 0 Å². The van der Waals surface area contributed by atoms with E-state index in [9.17, 15) is 13.2 Å². The molecule has 0 bridgehead atoms. The Hall–Kier alpha value is -2.66. The summed E-state index contributed by atoms with van der Waals surface area (Å²) in [6, 6.07) is 20.7. The summed E-state index contributed by atoms with van der Waals surface area (Å²) in [5.74, 6) is -0.128. The number of hydrogen-bond donors (Lipinski definition) is 0. The molecule has 0 aromatic heterocycles. The van der Waals surface area contributed by atoms with Gasteiger partial charge in [0, 0.05) is 23.8 Å². The fourth-order valence-electron chi connectivity index (χ4n) is 3.07. The van der Waals surface area contributed by atoms with Crippen molar-refractivity contribution >= 4 is 32.2 Å². The van der Waals surface area contributed by atoms with E-state index in [4.69, 9.17) is 0 Å². The Balaban J connectivity index is 1.94. The lowest BCUT2D eigenvalue weighted by Gasteiger charge is -2.23. The minimum Gasteiger partial charge on any atom is -0.308 e. The lowest BCUT2D eigenvalue weighted by atomic mass is 10.1. The van der Waals surface area contributed by atoms with Crippen molar-refractivity contribution in [1.29, 1.82) is 0 Å². The molecule has 5 heteroatoms. The van der Waals surface area contributed by atoms with Gasteiger partial charge in [0.25, 0.3) is 5.91 Å². The van der Waals surface area contributed by atoms with Crippen molar-refractivity contribution in [2.24, 2.45) is 0 Å². The van der Waals surface area contributed by atoms with Crippen LogP contribution in [0, 0.1) is 0 Å². The average Bonchev–Trinajstić information content (AvgIpc) is 2.62. The van der Waals surface area contributed by atoms with Crippen LogP contribution in [0.15, 0.2) is 66.7 Å². The first kappa shape index (κ1) is 18.1. The molecule has 26 heavy (non-hydrogen) atoms. The first-order valence-electron chi connectivity index (χ1n) is 8.45. The summed E-state index contributed by atoms with van der Waals surface area (Å²) in [6.07, 6.45) is 1.20. The van der Waals surface area contributed by atoms with Gasteiger partial charge in [0.2, 0.25) is 0 Å². The summed E-state index contributed by atoms with van der Waals surface area (Å²) in [5, 5.41) is 2.11. The van der Waals surface area contributed by atoms with E-state index in [1.165, 1.54) is 6.26 Å². The quantitative estimate of drug-likeness (QED) is 0.683. The van der Waals surface area contributed by atoms with Crippen molar-refractivity contribution < 1.29 is 13.2 Å². The van der Waals surface area contributed by atoms with Crippen molar-refractivity contribution in [3.8, 4) is 0 Å². The normalized spacial score (nSPS) is 11.5. The molecule has 0 aliphatic rings. The van der Waals surface area contributed by atoms with E-state index in [1.54, 1.807) is 29.2 Å². The predicted octanol–water partition coefficient (Wildman–Crippen LogP) is 4.05. The number of anilines is 1. The van der Waals surface area contributed by atoms with Gasteiger partial charge in [0.15, 0.2) is 9.84 Å². The van der Waals surface area contributed by atoms with Gasteiger partial charge < -0.3 is 4.90 Å². The zero-order chi connectivity index (χ0) is 18.7. The maximum Gasteiger partial charge on any atom is 0.258 e. The zero-order valence-corrected chi connectivity index (χ0v) is 15.7. The number of rotatable bonds is 5. The summed E-state index contributed by atoms with van der Waals surface area (Å²) >= 11 is 0. The molecule has 1 amide bonds. The van der Waals surface area contributed by atoms with E-state index < -0.39 is 9.84 Å². The number of nitrogens with zero attached hydrogens (tertiary/aromatic N) is 1. The highest BCUT2D eigenvalue weighted by molar-refractivity contribution is 7.89. The summed E-state index contributed by atoms with van der Waals surface area (Å²) in [7, 11) is -3.09. The topological polar surface area (TPSA) is 54.5 Å². The third-order valence-corrected chi connectivity index (χ3v) is 5.11. The highest BCUT2D eigenvalue weighted by Crippen LogP contribution is 2.28. The van der Waals surface area contributed by atoms with Gasteiger partial charge in [-0.15, -0.1) is 0 Å². The lowest BCUT2D eigenvalue weighted by Crippen LogP contribution is -2.30. The van der Waals surface area contributed by atoms with Crippen LogP contribution in [-0.2, 0) is 15.6 Å². The molecule has 0 saturated heterocycles. The molecule has 0 N–H and O–H groups in total. The van der Waals surface area contributed by atoms with Crippen LogP contribution in [0.3, 0.4) is 0 Å². The van der Waals surface area contributed by atoms with Gasteiger partial charge in [0.05, 0.1) is 11.4 Å². The number of benzene rings is 3. The van der Waals surface area contributed by atoms with E-state index >= 15 is 0 Å². The monoisotopic (exact) mass is 367 g/mol. The Morgan fingerprint density at radius 1 is 0.923 bits per heavy atom. The minimum absolute atomic E-state index is 0.0255. The molecule has 3 aromatic carbocycles. The van der Waals surface area contributed by atoms with Crippen LogP contribution < -0.4 is 4.90 Å². The maximum absolute atomic E-state index is 13.0. The molecule has 3 rings (SSSR count). The smallest absolute Gasteiger partial charge is 0.258 e. The van der Waals surface area contributed by atoms with Crippen molar-refractivity contribution in [3.05, 3.63) is 77.9 Å². The fraction of sp³-hybridized carbons (Fsp3) is 0.190. The zero-order valence-electron chi connectivity index (χ0n) is 14.8. The molecule has 0 unspecified atom stereocenters. The van der Waals surface area contributed by atoms with Crippen molar-refractivity contribution in [2.45, 2.75) is 12.7 Å². The molecule has 134 valence electrons. The van der Waals surface area contributed by atoms with E-state index in [-0.39, 0.29) is 11.7 Å². The Labute approximate surface area is 154 Å². The van der Waals surface area contributed by atoms with Gasteiger partial charge in [-0.3, -0.25) is 4.79 Å². The Bertz CT molecular complexity index is 1040. The molecule has 0 spiro atoms. The van der Waals surface area contributed by atoms with Crippen LogP contribution in [0.1, 0.15) is 22.8 Å². The molecular formula is C21H21NO3S. The van der Waals surface area contributed by atoms with Crippen LogP contribution in [0.5, 0.6) is 0 Å². The number of fused-ring (bicyclic) bond motifs is 1. The third-order valence-electron chi connectivity index (χ3n) is 4.25. The molecule has 4 nitrogen and oxygen atoms in total.